The smallest absolute Gasteiger partial charge is 0.135 e. The minimum Gasteiger partial charge on any atom is -0.383 e. The number of piperidine rings is 1. The Morgan fingerprint density at radius 2 is 2.10 bits per heavy atom. The Bertz CT molecular complexity index is 1070. The van der Waals surface area contributed by atoms with Gasteiger partial charge >= 0.3 is 0 Å². The molecule has 1 saturated heterocycles. The van der Waals surface area contributed by atoms with Crippen molar-refractivity contribution in [2.45, 2.75) is 18.9 Å². The third kappa shape index (κ3) is 4.23. The van der Waals surface area contributed by atoms with Gasteiger partial charge in [0, 0.05) is 18.3 Å². The molecule has 0 spiro atoms. The first-order valence-electron chi connectivity index (χ1n) is 9.42. The highest BCUT2D eigenvalue weighted by molar-refractivity contribution is 6.33. The summed E-state index contributed by atoms with van der Waals surface area (Å²) in [4.78, 5) is 6.67. The molecular formula is C20H21BClFN6. The van der Waals surface area contributed by atoms with Crippen LogP contribution in [0.2, 0.25) is 5.02 Å². The fourth-order valence-corrected chi connectivity index (χ4v) is 3.70. The molecule has 1 aromatic carbocycles. The van der Waals surface area contributed by atoms with Gasteiger partial charge in [-0.25, -0.2) is 13.9 Å². The van der Waals surface area contributed by atoms with E-state index in [0.717, 1.165) is 37.1 Å². The molecule has 0 bridgehead atoms. The van der Waals surface area contributed by atoms with Crippen LogP contribution in [0.3, 0.4) is 0 Å². The Kier molecular flexibility index (Phi) is 5.47. The lowest BCUT2D eigenvalue weighted by molar-refractivity contribution is 0.264. The van der Waals surface area contributed by atoms with Gasteiger partial charge in [0.25, 0.3) is 0 Å². The first-order valence-corrected chi connectivity index (χ1v) is 9.80. The van der Waals surface area contributed by atoms with E-state index in [-0.39, 0.29) is 17.6 Å². The maximum atomic E-state index is 13.6. The number of nitrogens with two attached hydrogens (primary N) is 1. The van der Waals surface area contributed by atoms with Gasteiger partial charge in [-0.1, -0.05) is 17.1 Å². The van der Waals surface area contributed by atoms with Crippen LogP contribution in [0.25, 0.3) is 5.52 Å². The van der Waals surface area contributed by atoms with Crippen molar-refractivity contribution < 1.29 is 4.39 Å². The van der Waals surface area contributed by atoms with Crippen molar-refractivity contribution in [1.82, 2.24) is 14.5 Å². The summed E-state index contributed by atoms with van der Waals surface area (Å²) < 4.78 is 15.3. The number of likely N-dealkylation sites (tertiary alicyclic amines) is 1. The van der Waals surface area contributed by atoms with Gasteiger partial charge in [-0.2, -0.15) is 5.10 Å². The molecule has 3 heterocycles. The molecule has 4 rings (SSSR count). The van der Waals surface area contributed by atoms with Crippen molar-refractivity contribution in [1.29, 1.82) is 0 Å². The number of hydrogen-bond acceptors (Lipinski definition) is 4. The minimum atomic E-state index is -0.432. The second-order valence-electron chi connectivity index (χ2n) is 7.35. The number of benzene rings is 1. The van der Waals surface area contributed by atoms with Crippen LogP contribution < -0.4 is 16.5 Å². The molecular weight excluding hydrogens is 390 g/mol. The number of amidine groups is 1. The first-order chi connectivity index (χ1) is 13.9. The molecule has 148 valence electrons. The third-order valence-corrected chi connectivity index (χ3v) is 5.47. The van der Waals surface area contributed by atoms with Gasteiger partial charge in [0.1, 0.15) is 19.5 Å². The molecule has 0 saturated carbocycles. The zero-order valence-electron chi connectivity index (χ0n) is 16.1. The van der Waals surface area contributed by atoms with Crippen LogP contribution in [-0.2, 0) is 0 Å². The van der Waals surface area contributed by atoms with E-state index in [9.17, 15) is 4.39 Å². The van der Waals surface area contributed by atoms with Gasteiger partial charge in [-0.05, 0) is 51.2 Å². The van der Waals surface area contributed by atoms with Gasteiger partial charge in [0.05, 0.1) is 33.7 Å². The van der Waals surface area contributed by atoms with E-state index < -0.39 is 5.82 Å². The fraction of sp³-hybridized carbons (Fsp3) is 0.300. The summed E-state index contributed by atoms with van der Waals surface area (Å²) in [5.41, 5.74) is 9.41. The summed E-state index contributed by atoms with van der Waals surface area (Å²) in [6.07, 6.45) is 5.40. The third-order valence-electron chi connectivity index (χ3n) is 5.15. The highest BCUT2D eigenvalue weighted by Gasteiger charge is 2.21. The molecule has 9 heteroatoms. The van der Waals surface area contributed by atoms with Crippen LogP contribution in [0.5, 0.6) is 0 Å². The van der Waals surface area contributed by atoms with Crippen molar-refractivity contribution in [3.63, 3.8) is 0 Å². The van der Waals surface area contributed by atoms with E-state index in [1.807, 2.05) is 6.07 Å². The second kappa shape index (κ2) is 8.04. The Morgan fingerprint density at radius 3 is 2.86 bits per heavy atom. The average Bonchev–Trinajstić information content (AvgIpc) is 3.07. The van der Waals surface area contributed by atoms with Crippen LogP contribution in [0, 0.1) is 5.82 Å². The van der Waals surface area contributed by atoms with Crippen molar-refractivity contribution >= 4 is 47.6 Å². The predicted molar refractivity (Wildman–Crippen MR) is 117 cm³/mol. The molecule has 6 nitrogen and oxygen atoms in total. The summed E-state index contributed by atoms with van der Waals surface area (Å²) in [7, 11) is 8.10. The van der Waals surface area contributed by atoms with Gasteiger partial charge in [0.15, 0.2) is 0 Å². The maximum absolute atomic E-state index is 13.6. The molecule has 3 aromatic rings. The van der Waals surface area contributed by atoms with Crippen LogP contribution in [-0.4, -0.2) is 54.4 Å². The molecule has 0 unspecified atom stereocenters. The number of halogens is 2. The molecule has 0 atom stereocenters. The molecule has 0 aliphatic carbocycles. The molecule has 1 aliphatic heterocycles. The summed E-state index contributed by atoms with van der Waals surface area (Å²) in [6.45, 7) is 2.03. The number of rotatable bonds is 4. The molecule has 1 aliphatic rings. The Labute approximate surface area is 175 Å². The fourth-order valence-electron chi connectivity index (χ4n) is 3.54. The molecule has 29 heavy (non-hydrogen) atoms. The molecule has 0 amide bonds. The molecule has 3 N–H and O–H groups in total. The van der Waals surface area contributed by atoms with E-state index in [1.165, 1.54) is 18.2 Å². The van der Waals surface area contributed by atoms with Crippen LogP contribution in [0.1, 0.15) is 18.4 Å². The Balaban J connectivity index is 1.76. The molecule has 2 aromatic heterocycles. The average molecular weight is 411 g/mol. The van der Waals surface area contributed by atoms with E-state index in [4.69, 9.17) is 25.2 Å². The summed E-state index contributed by atoms with van der Waals surface area (Å²) in [6, 6.07) is 6.12. The van der Waals surface area contributed by atoms with Crippen LogP contribution in [0.15, 0.2) is 41.7 Å². The number of aliphatic imine (C=N–C) groups is 1. The highest BCUT2D eigenvalue weighted by atomic mass is 35.5. The quantitative estimate of drug-likeness (QED) is 0.394. The zero-order valence-corrected chi connectivity index (χ0v) is 16.8. The number of hydrogen-bond donors (Lipinski definition) is 2. The Morgan fingerprint density at radius 1 is 1.34 bits per heavy atom. The standard InChI is InChI=1S/C20H21BClFN6/c1-28-6-4-14(5-7-28)26-19-15(10-25-29-11-12(21)8-18(19)29)20(24)27-17-9-13(23)2-3-16(17)22/h2-3,8-11,14,26H,4-7H2,1H3,(H2,24,27). The van der Waals surface area contributed by atoms with Gasteiger partial charge < -0.3 is 16.0 Å². The van der Waals surface area contributed by atoms with Crippen molar-refractivity contribution in [2.75, 3.05) is 25.5 Å². The van der Waals surface area contributed by atoms with Crippen LogP contribution >= 0.6 is 11.6 Å². The Hall–Kier alpha value is -2.58. The van der Waals surface area contributed by atoms with Gasteiger partial charge in [-0.15, -0.1) is 0 Å². The van der Waals surface area contributed by atoms with Crippen molar-refractivity contribution in [2.24, 2.45) is 10.7 Å². The molecule has 1 fully saturated rings. The van der Waals surface area contributed by atoms with Gasteiger partial charge in [-0.3, -0.25) is 0 Å². The summed E-state index contributed by atoms with van der Waals surface area (Å²) in [5, 5.41) is 8.32. The summed E-state index contributed by atoms with van der Waals surface area (Å²) in [5.74, 6) is -0.235. The zero-order chi connectivity index (χ0) is 20.5. The van der Waals surface area contributed by atoms with Crippen LogP contribution in [0.4, 0.5) is 15.8 Å². The maximum Gasteiger partial charge on any atom is 0.135 e. The van der Waals surface area contributed by atoms with E-state index in [2.05, 4.69) is 27.4 Å². The van der Waals surface area contributed by atoms with E-state index in [1.54, 1.807) is 16.9 Å². The SMILES string of the molecule is [B]c1cc2c(NC3CCN(C)CC3)c(C(N)=Nc3cc(F)ccc3Cl)cnn2c1. The van der Waals surface area contributed by atoms with E-state index >= 15 is 0 Å². The normalized spacial score (nSPS) is 16.4. The number of fused-ring (bicyclic) bond motifs is 1. The summed E-state index contributed by atoms with van der Waals surface area (Å²) >= 11 is 6.15. The van der Waals surface area contributed by atoms with Crippen molar-refractivity contribution in [3.8, 4) is 0 Å². The number of nitrogens with one attached hydrogen (secondary N) is 1. The topological polar surface area (TPSA) is 70.9 Å². The number of anilines is 1. The lowest BCUT2D eigenvalue weighted by atomic mass is 10.00. The predicted octanol–water partition coefficient (Wildman–Crippen LogP) is 2.46. The lowest BCUT2D eigenvalue weighted by Gasteiger charge is -2.30. The largest absolute Gasteiger partial charge is 0.383 e. The molecule has 2 radical (unpaired) electrons. The minimum absolute atomic E-state index is 0.197. The van der Waals surface area contributed by atoms with Gasteiger partial charge in [0.2, 0.25) is 0 Å². The highest BCUT2D eigenvalue weighted by Crippen LogP contribution is 2.28. The van der Waals surface area contributed by atoms with Crippen molar-refractivity contribution in [3.05, 3.63) is 53.1 Å². The first kappa shape index (κ1) is 19.7. The van der Waals surface area contributed by atoms with E-state index in [0.29, 0.717) is 16.0 Å². The number of aromatic nitrogens is 2. The second-order valence-corrected chi connectivity index (χ2v) is 7.76. The number of nitrogens with zero attached hydrogens (tertiary/aromatic N) is 4. The lowest BCUT2D eigenvalue weighted by Crippen LogP contribution is -2.37. The monoisotopic (exact) mass is 410 g/mol.